The molecule has 0 amide bonds. The lowest BCUT2D eigenvalue weighted by molar-refractivity contribution is 0.0780. The highest BCUT2D eigenvalue weighted by Gasteiger charge is 2.45. The second-order valence-corrected chi connectivity index (χ2v) is 14.1. The molecule has 2 bridgehead atoms. The highest BCUT2D eigenvalue weighted by atomic mass is 15.0. The molecule has 4 heteroatoms. The average molecular weight is 611 g/mol. The summed E-state index contributed by atoms with van der Waals surface area (Å²) in [6, 6.07) is 42.1. The predicted molar refractivity (Wildman–Crippen MR) is 190 cm³/mol. The summed E-state index contributed by atoms with van der Waals surface area (Å²) in [5.74, 6) is 4.43. The van der Waals surface area contributed by atoms with Crippen LogP contribution in [0.2, 0.25) is 0 Å². The Labute approximate surface area is 277 Å². The Morgan fingerprint density at radius 2 is 1.17 bits per heavy atom. The van der Waals surface area contributed by atoms with Crippen LogP contribution < -0.4 is 0 Å². The van der Waals surface area contributed by atoms with Gasteiger partial charge in [-0.25, -0.2) is 15.0 Å². The van der Waals surface area contributed by atoms with E-state index < -0.39 is 0 Å². The Bertz CT molecular complexity index is 2090. The van der Waals surface area contributed by atoms with Crippen LogP contribution >= 0.6 is 0 Å². The molecule has 0 radical (unpaired) electrons. The second kappa shape index (κ2) is 11.9. The van der Waals surface area contributed by atoms with Crippen molar-refractivity contribution in [2.75, 3.05) is 0 Å². The van der Waals surface area contributed by atoms with E-state index in [1.165, 1.54) is 37.7 Å². The molecule has 2 unspecified atom stereocenters. The van der Waals surface area contributed by atoms with Crippen molar-refractivity contribution in [2.45, 2.75) is 51.4 Å². The monoisotopic (exact) mass is 610 g/mol. The molecule has 2 fully saturated rings. The topological polar surface area (TPSA) is 62.5 Å². The van der Waals surface area contributed by atoms with E-state index in [0.717, 1.165) is 56.3 Å². The van der Waals surface area contributed by atoms with Gasteiger partial charge in [0.15, 0.2) is 17.5 Å². The number of nitriles is 1. The van der Waals surface area contributed by atoms with Crippen molar-refractivity contribution >= 4 is 10.8 Å². The normalized spacial score (nSPS) is 22.1. The van der Waals surface area contributed by atoms with Crippen LogP contribution in [0.15, 0.2) is 115 Å². The maximum atomic E-state index is 9.36. The van der Waals surface area contributed by atoms with Crippen molar-refractivity contribution in [1.82, 2.24) is 15.0 Å². The van der Waals surface area contributed by atoms with Crippen LogP contribution in [0.1, 0.15) is 57.1 Å². The van der Waals surface area contributed by atoms with Gasteiger partial charge in [-0.15, -0.1) is 0 Å². The van der Waals surface area contributed by atoms with Gasteiger partial charge in [0.2, 0.25) is 0 Å². The first kappa shape index (κ1) is 29.3. The molecular formula is C43H38N4. The fourth-order valence-corrected chi connectivity index (χ4v) is 8.78. The number of nitrogens with zero attached hydrogens (tertiary/aromatic N) is 4. The molecule has 0 spiro atoms. The minimum Gasteiger partial charge on any atom is -0.208 e. The fourth-order valence-electron chi connectivity index (χ4n) is 8.78. The number of benzene rings is 5. The molecule has 4 atom stereocenters. The van der Waals surface area contributed by atoms with E-state index in [9.17, 15) is 5.26 Å². The van der Waals surface area contributed by atoms with Crippen LogP contribution in [0.3, 0.4) is 0 Å². The van der Waals surface area contributed by atoms with E-state index in [4.69, 9.17) is 15.0 Å². The first-order valence-electron chi connectivity index (χ1n) is 16.9. The molecule has 0 aliphatic heterocycles. The average Bonchev–Trinajstić information content (AvgIpc) is 3.11. The molecular weight excluding hydrogens is 573 g/mol. The highest BCUT2D eigenvalue weighted by molar-refractivity contribution is 5.97. The highest BCUT2D eigenvalue weighted by Crippen LogP contribution is 2.54. The van der Waals surface area contributed by atoms with Crippen molar-refractivity contribution in [3.05, 3.63) is 126 Å². The quantitative estimate of drug-likeness (QED) is 0.195. The van der Waals surface area contributed by atoms with Crippen LogP contribution in [0.5, 0.6) is 0 Å². The minimum absolute atomic E-state index is 0.293. The van der Waals surface area contributed by atoms with Gasteiger partial charge in [0.05, 0.1) is 11.6 Å². The summed E-state index contributed by atoms with van der Waals surface area (Å²) in [5.41, 5.74) is 7.60. The molecule has 6 aromatic rings. The van der Waals surface area contributed by atoms with Crippen molar-refractivity contribution in [2.24, 2.45) is 17.8 Å². The Kier molecular flexibility index (Phi) is 7.41. The molecule has 2 saturated carbocycles. The molecule has 2 aliphatic carbocycles. The third-order valence-electron chi connectivity index (χ3n) is 10.5. The first-order valence-corrected chi connectivity index (χ1v) is 16.9. The summed E-state index contributed by atoms with van der Waals surface area (Å²) < 4.78 is 0. The van der Waals surface area contributed by atoms with Crippen molar-refractivity contribution in [1.29, 1.82) is 5.26 Å². The molecule has 1 aromatic heterocycles. The van der Waals surface area contributed by atoms with Gasteiger partial charge >= 0.3 is 0 Å². The number of fused-ring (bicyclic) bond motifs is 3. The fraction of sp³-hybridized carbons (Fsp3) is 0.256. The standard InChI is InChI=1S/C43H38N4/c1-28-21-31-22-29(2)25-43(24-28,26-31)37-18-16-35(17-19-37)42-46-40(33-7-4-3-5-8-33)45-41(47-42)34-14-12-32(13-15-34)38-10-6-9-36-23-30(27-44)11-20-39(36)38/h3-20,23,28-29,31H,21-22,24-26H2,1-2H3/t28-,29+,31?,43?. The third kappa shape index (κ3) is 5.61. The molecule has 0 saturated heterocycles. The zero-order chi connectivity index (χ0) is 32.0. The first-order chi connectivity index (χ1) is 23.0. The summed E-state index contributed by atoms with van der Waals surface area (Å²) in [7, 11) is 0. The van der Waals surface area contributed by atoms with Gasteiger partial charge < -0.3 is 0 Å². The summed E-state index contributed by atoms with van der Waals surface area (Å²) >= 11 is 0. The molecule has 2 aliphatic rings. The van der Waals surface area contributed by atoms with Gasteiger partial charge in [0, 0.05) is 16.7 Å². The Balaban J connectivity index is 1.16. The number of hydrogen-bond acceptors (Lipinski definition) is 4. The van der Waals surface area contributed by atoms with Crippen LogP contribution in [0, 0.1) is 29.1 Å². The molecule has 4 nitrogen and oxygen atoms in total. The lowest BCUT2D eigenvalue weighted by atomic mass is 9.54. The summed E-state index contributed by atoms with van der Waals surface area (Å²) in [5, 5.41) is 11.5. The van der Waals surface area contributed by atoms with Gasteiger partial charge in [-0.2, -0.15) is 5.26 Å². The maximum absolute atomic E-state index is 9.36. The third-order valence-corrected chi connectivity index (χ3v) is 10.5. The van der Waals surface area contributed by atoms with Gasteiger partial charge in [0.1, 0.15) is 0 Å². The minimum atomic E-state index is 0.293. The molecule has 0 N–H and O–H groups in total. The van der Waals surface area contributed by atoms with Gasteiger partial charge in [0.25, 0.3) is 0 Å². The molecule has 1 heterocycles. The van der Waals surface area contributed by atoms with E-state index >= 15 is 0 Å². The van der Waals surface area contributed by atoms with Gasteiger partial charge in [-0.1, -0.05) is 117 Å². The zero-order valence-electron chi connectivity index (χ0n) is 27.0. The van der Waals surface area contributed by atoms with E-state index in [1.54, 1.807) is 0 Å². The van der Waals surface area contributed by atoms with Crippen LogP contribution in [-0.2, 0) is 5.41 Å². The summed E-state index contributed by atoms with van der Waals surface area (Å²) in [6.45, 7) is 4.89. The Morgan fingerprint density at radius 1 is 0.596 bits per heavy atom. The Morgan fingerprint density at radius 3 is 1.79 bits per heavy atom. The molecule has 8 rings (SSSR count). The molecule has 47 heavy (non-hydrogen) atoms. The van der Waals surface area contributed by atoms with E-state index in [2.05, 4.69) is 92.7 Å². The maximum Gasteiger partial charge on any atom is 0.164 e. The van der Waals surface area contributed by atoms with E-state index in [-0.39, 0.29) is 0 Å². The number of aromatic nitrogens is 3. The summed E-state index contributed by atoms with van der Waals surface area (Å²) in [6.07, 6.45) is 6.66. The molecule has 5 aromatic carbocycles. The predicted octanol–water partition coefficient (Wildman–Crippen LogP) is 10.7. The van der Waals surface area contributed by atoms with Crippen molar-refractivity contribution < 1.29 is 0 Å². The number of hydrogen-bond donors (Lipinski definition) is 0. The lowest BCUT2D eigenvalue weighted by Gasteiger charge is -2.50. The van der Waals surface area contributed by atoms with E-state index in [0.29, 0.717) is 28.5 Å². The van der Waals surface area contributed by atoms with Crippen molar-refractivity contribution in [3.8, 4) is 51.4 Å². The van der Waals surface area contributed by atoms with E-state index in [1.807, 2.05) is 42.5 Å². The van der Waals surface area contributed by atoms with Crippen LogP contribution in [0.4, 0.5) is 0 Å². The SMILES string of the molecule is C[C@@H]1CC2C[C@H](C)CC(c3ccc(-c4nc(-c5ccccc5)nc(-c5ccc(-c6cccc7cc(C#N)ccc67)cc5)n4)cc3)(C2)C1. The zero-order valence-corrected chi connectivity index (χ0v) is 27.0. The summed E-state index contributed by atoms with van der Waals surface area (Å²) in [4.78, 5) is 15.0. The second-order valence-electron chi connectivity index (χ2n) is 14.1. The Hall–Kier alpha value is -5.14. The molecule has 230 valence electrons. The lowest BCUT2D eigenvalue weighted by Crippen LogP contribution is -2.42. The van der Waals surface area contributed by atoms with Crippen LogP contribution in [0.25, 0.3) is 56.1 Å². The van der Waals surface area contributed by atoms with Gasteiger partial charge in [-0.3, -0.25) is 0 Å². The largest absolute Gasteiger partial charge is 0.208 e. The van der Waals surface area contributed by atoms with Crippen LogP contribution in [-0.4, -0.2) is 15.0 Å². The number of rotatable bonds is 5. The van der Waals surface area contributed by atoms with Crippen molar-refractivity contribution in [3.63, 3.8) is 0 Å². The smallest absolute Gasteiger partial charge is 0.164 e. The van der Waals surface area contributed by atoms with Gasteiger partial charge in [-0.05, 0) is 94.9 Å².